The van der Waals surface area contributed by atoms with Crippen molar-refractivity contribution in [3.63, 3.8) is 0 Å². The van der Waals surface area contributed by atoms with Gasteiger partial charge in [-0.25, -0.2) is 4.98 Å². The third-order valence-corrected chi connectivity index (χ3v) is 1.14. The number of nitrogen functional groups attached to an aromatic ring is 1. The van der Waals surface area contributed by atoms with Crippen molar-refractivity contribution in [2.75, 3.05) is 5.73 Å². The molecule has 1 rings (SSSR count). The summed E-state index contributed by atoms with van der Waals surface area (Å²) in [7, 11) is 0. The van der Waals surface area contributed by atoms with E-state index in [1.54, 1.807) is 12.1 Å². The van der Waals surface area contributed by atoms with Gasteiger partial charge in [0.15, 0.2) is 0 Å². The maximum atomic E-state index is 5.43. The monoisotopic (exact) mass is 169 g/mol. The summed E-state index contributed by atoms with van der Waals surface area (Å²) in [6.07, 6.45) is 0. The van der Waals surface area contributed by atoms with E-state index in [0.29, 0.717) is 5.69 Å². The molecular formula is C8H15N3O. The number of nitrogens with two attached hydrogens (primary N) is 2. The predicted molar refractivity (Wildman–Crippen MR) is 49.5 cm³/mol. The molecule has 4 nitrogen and oxygen atoms in total. The fourth-order valence-corrected chi connectivity index (χ4v) is 0.638. The Hall–Kier alpha value is -1.29. The van der Waals surface area contributed by atoms with Gasteiger partial charge in [-0.3, -0.25) is 0 Å². The van der Waals surface area contributed by atoms with Crippen LogP contribution in [0.25, 0.3) is 0 Å². The SMILES string of the molecule is CC.Cc1ccc(N)c(ON)n1. The molecule has 0 aliphatic heterocycles. The van der Waals surface area contributed by atoms with E-state index in [2.05, 4.69) is 9.82 Å². The van der Waals surface area contributed by atoms with E-state index in [1.807, 2.05) is 20.8 Å². The van der Waals surface area contributed by atoms with Crippen LogP contribution in [0.1, 0.15) is 19.5 Å². The fourth-order valence-electron chi connectivity index (χ4n) is 0.638. The van der Waals surface area contributed by atoms with Crippen LogP contribution in [-0.2, 0) is 0 Å². The average molecular weight is 169 g/mol. The van der Waals surface area contributed by atoms with E-state index in [4.69, 9.17) is 11.6 Å². The first-order valence-electron chi connectivity index (χ1n) is 3.84. The van der Waals surface area contributed by atoms with Crippen LogP contribution in [0.4, 0.5) is 5.69 Å². The van der Waals surface area contributed by atoms with Crippen molar-refractivity contribution in [3.8, 4) is 5.88 Å². The zero-order chi connectivity index (χ0) is 9.56. The molecule has 0 fully saturated rings. The summed E-state index contributed by atoms with van der Waals surface area (Å²) >= 11 is 0. The maximum Gasteiger partial charge on any atom is 0.260 e. The Balaban J connectivity index is 0.000000561. The lowest BCUT2D eigenvalue weighted by atomic mass is 10.3. The van der Waals surface area contributed by atoms with Crippen molar-refractivity contribution < 1.29 is 4.84 Å². The number of aryl methyl sites for hydroxylation is 1. The third kappa shape index (κ3) is 2.75. The Morgan fingerprint density at radius 2 is 1.92 bits per heavy atom. The molecule has 4 N–H and O–H groups in total. The molecule has 0 atom stereocenters. The number of hydrogen-bond acceptors (Lipinski definition) is 4. The minimum Gasteiger partial charge on any atom is -0.394 e. The van der Waals surface area contributed by atoms with Crippen molar-refractivity contribution >= 4 is 5.69 Å². The first-order chi connectivity index (χ1) is 5.74. The quantitative estimate of drug-likeness (QED) is 0.620. The zero-order valence-electron chi connectivity index (χ0n) is 7.66. The Kier molecular flexibility index (Phi) is 4.79. The molecule has 0 aromatic carbocycles. The molecule has 0 spiro atoms. The number of rotatable bonds is 1. The van der Waals surface area contributed by atoms with Crippen LogP contribution in [0, 0.1) is 6.92 Å². The van der Waals surface area contributed by atoms with Gasteiger partial charge in [-0.1, -0.05) is 13.8 Å². The molecule has 1 heterocycles. The predicted octanol–water partition coefficient (Wildman–Crippen LogP) is 1.25. The Morgan fingerprint density at radius 1 is 1.33 bits per heavy atom. The van der Waals surface area contributed by atoms with Gasteiger partial charge in [0.1, 0.15) is 0 Å². The summed E-state index contributed by atoms with van der Waals surface area (Å²) in [4.78, 5) is 8.31. The minimum atomic E-state index is 0.278. The Labute approximate surface area is 72.5 Å². The molecule has 0 saturated heterocycles. The van der Waals surface area contributed by atoms with Crippen molar-refractivity contribution in [1.82, 2.24) is 4.98 Å². The van der Waals surface area contributed by atoms with Gasteiger partial charge in [-0.15, -0.1) is 0 Å². The molecule has 0 unspecified atom stereocenters. The number of anilines is 1. The van der Waals surface area contributed by atoms with Crippen LogP contribution >= 0.6 is 0 Å². The molecule has 4 heteroatoms. The highest BCUT2D eigenvalue weighted by Crippen LogP contribution is 2.15. The second-order valence-corrected chi connectivity index (χ2v) is 1.96. The van der Waals surface area contributed by atoms with E-state index in [-0.39, 0.29) is 5.88 Å². The highest BCUT2D eigenvalue weighted by atomic mass is 16.6. The molecule has 0 amide bonds. The van der Waals surface area contributed by atoms with Gasteiger partial charge in [0.05, 0.1) is 5.69 Å². The average Bonchev–Trinajstić information content (AvgIpc) is 2.13. The number of aromatic nitrogens is 1. The molecule has 0 bridgehead atoms. The largest absolute Gasteiger partial charge is 0.394 e. The zero-order valence-corrected chi connectivity index (χ0v) is 7.66. The summed E-state index contributed by atoms with van der Waals surface area (Å²) in [5.74, 6) is 5.15. The van der Waals surface area contributed by atoms with Crippen LogP contribution in [0.2, 0.25) is 0 Å². The van der Waals surface area contributed by atoms with E-state index in [1.165, 1.54) is 0 Å². The van der Waals surface area contributed by atoms with Crippen LogP contribution in [0.5, 0.6) is 5.88 Å². The Morgan fingerprint density at radius 3 is 2.33 bits per heavy atom. The lowest BCUT2D eigenvalue weighted by Gasteiger charge is -2.00. The van der Waals surface area contributed by atoms with Crippen LogP contribution < -0.4 is 16.5 Å². The summed E-state index contributed by atoms with van der Waals surface area (Å²) in [6.45, 7) is 5.84. The van der Waals surface area contributed by atoms with E-state index < -0.39 is 0 Å². The normalized spacial score (nSPS) is 8.33. The molecule has 0 radical (unpaired) electrons. The Bertz CT molecular complexity index is 238. The van der Waals surface area contributed by atoms with Crippen LogP contribution in [0.3, 0.4) is 0 Å². The third-order valence-electron chi connectivity index (χ3n) is 1.14. The summed E-state index contributed by atoms with van der Waals surface area (Å²) in [5, 5.41) is 0. The number of nitrogens with zero attached hydrogens (tertiary/aromatic N) is 1. The van der Waals surface area contributed by atoms with Gasteiger partial charge in [-0.2, -0.15) is 5.90 Å². The second-order valence-electron chi connectivity index (χ2n) is 1.96. The highest BCUT2D eigenvalue weighted by Gasteiger charge is 1.98. The van der Waals surface area contributed by atoms with E-state index >= 15 is 0 Å². The summed E-state index contributed by atoms with van der Waals surface area (Å²) in [6, 6.07) is 3.49. The molecule has 1 aromatic heterocycles. The van der Waals surface area contributed by atoms with Gasteiger partial charge < -0.3 is 10.6 Å². The van der Waals surface area contributed by atoms with Crippen molar-refractivity contribution in [2.24, 2.45) is 5.90 Å². The maximum absolute atomic E-state index is 5.43. The molecule has 12 heavy (non-hydrogen) atoms. The van der Waals surface area contributed by atoms with Crippen molar-refractivity contribution in [1.29, 1.82) is 0 Å². The molecular weight excluding hydrogens is 154 g/mol. The second kappa shape index (κ2) is 5.37. The van der Waals surface area contributed by atoms with E-state index in [0.717, 1.165) is 5.69 Å². The summed E-state index contributed by atoms with van der Waals surface area (Å²) < 4.78 is 0. The molecule has 0 aliphatic carbocycles. The molecule has 0 aliphatic rings. The molecule has 1 aromatic rings. The van der Waals surface area contributed by atoms with Crippen LogP contribution in [-0.4, -0.2) is 4.98 Å². The summed E-state index contributed by atoms with van der Waals surface area (Å²) in [5.41, 5.74) is 6.71. The van der Waals surface area contributed by atoms with E-state index in [9.17, 15) is 0 Å². The van der Waals surface area contributed by atoms with Gasteiger partial charge in [0.25, 0.3) is 5.88 Å². The minimum absolute atomic E-state index is 0.278. The lowest BCUT2D eigenvalue weighted by Crippen LogP contribution is -2.06. The first kappa shape index (κ1) is 10.7. The number of hydrogen-bond donors (Lipinski definition) is 2. The van der Waals surface area contributed by atoms with Gasteiger partial charge >= 0.3 is 0 Å². The van der Waals surface area contributed by atoms with Crippen molar-refractivity contribution in [3.05, 3.63) is 17.8 Å². The smallest absolute Gasteiger partial charge is 0.260 e. The lowest BCUT2D eigenvalue weighted by molar-refractivity contribution is 0.322. The van der Waals surface area contributed by atoms with Crippen LogP contribution in [0.15, 0.2) is 12.1 Å². The van der Waals surface area contributed by atoms with Gasteiger partial charge in [-0.05, 0) is 19.1 Å². The van der Waals surface area contributed by atoms with Gasteiger partial charge in [0.2, 0.25) is 0 Å². The first-order valence-corrected chi connectivity index (χ1v) is 3.84. The number of pyridine rings is 1. The standard InChI is InChI=1S/C6H9N3O.C2H6/c1-4-2-3-5(7)6(9-4)10-8;1-2/h2-3H,7-8H2,1H3;1-2H3. The van der Waals surface area contributed by atoms with Crippen molar-refractivity contribution in [2.45, 2.75) is 20.8 Å². The molecule has 0 saturated carbocycles. The molecule has 68 valence electrons. The highest BCUT2D eigenvalue weighted by molar-refractivity contribution is 5.47. The van der Waals surface area contributed by atoms with Gasteiger partial charge in [0, 0.05) is 5.69 Å². The topological polar surface area (TPSA) is 74.2 Å². The fraction of sp³-hybridized carbons (Fsp3) is 0.375.